The molecule has 9 heteroatoms. The van der Waals surface area contributed by atoms with Crippen LogP contribution < -0.4 is 14.9 Å². The van der Waals surface area contributed by atoms with Crippen LogP contribution in [-0.4, -0.2) is 26.8 Å². The summed E-state index contributed by atoms with van der Waals surface area (Å²) in [7, 11) is -3.80. The zero-order valence-electron chi connectivity index (χ0n) is 17.7. The number of nitrogens with one attached hydrogen (secondary N) is 2. The van der Waals surface area contributed by atoms with Crippen molar-refractivity contribution < 1.29 is 18.0 Å². The first kappa shape index (κ1) is 22.0. The lowest BCUT2D eigenvalue weighted by Crippen LogP contribution is -2.28. The number of anilines is 3. The molecule has 0 bridgehead atoms. The monoisotopic (exact) mass is 469 g/mol. The van der Waals surface area contributed by atoms with Gasteiger partial charge in [-0.2, -0.15) is 0 Å². The van der Waals surface area contributed by atoms with E-state index in [0.29, 0.717) is 29.2 Å². The van der Waals surface area contributed by atoms with Crippen LogP contribution in [0.25, 0.3) is 0 Å². The maximum Gasteiger partial charge on any atom is 0.268 e. The fourth-order valence-electron chi connectivity index (χ4n) is 3.43. The van der Waals surface area contributed by atoms with Gasteiger partial charge in [0, 0.05) is 29.5 Å². The van der Waals surface area contributed by atoms with Crippen molar-refractivity contribution in [1.29, 1.82) is 0 Å². The minimum absolute atomic E-state index is 0.0447. The number of hydrogen-bond donors (Lipinski definition) is 2. The molecule has 2 aromatic carbocycles. The van der Waals surface area contributed by atoms with Gasteiger partial charge in [-0.25, -0.2) is 8.42 Å². The van der Waals surface area contributed by atoms with Gasteiger partial charge in [-0.1, -0.05) is 19.9 Å². The van der Waals surface area contributed by atoms with Crippen LogP contribution in [0.5, 0.6) is 0 Å². The molecule has 166 valence electrons. The first-order chi connectivity index (χ1) is 15.2. The van der Waals surface area contributed by atoms with Crippen LogP contribution in [-0.2, 0) is 21.2 Å². The number of carbonyl (C=O) groups excluding carboxylic acids is 2. The Bertz CT molecular complexity index is 1250. The molecule has 1 aromatic heterocycles. The lowest BCUT2D eigenvalue weighted by Gasteiger charge is -2.17. The molecule has 2 amide bonds. The summed E-state index contributed by atoms with van der Waals surface area (Å²) in [5.41, 5.74) is 2.69. The van der Waals surface area contributed by atoms with Gasteiger partial charge in [-0.15, -0.1) is 11.3 Å². The van der Waals surface area contributed by atoms with E-state index < -0.39 is 10.0 Å². The largest absolute Gasteiger partial charge is 0.326 e. The molecule has 2 N–H and O–H groups in total. The van der Waals surface area contributed by atoms with Crippen LogP contribution in [0.4, 0.5) is 17.1 Å². The highest BCUT2D eigenvalue weighted by Crippen LogP contribution is 2.33. The average molecular weight is 470 g/mol. The summed E-state index contributed by atoms with van der Waals surface area (Å²) in [5.74, 6) is -0.350. The van der Waals surface area contributed by atoms with Crippen molar-refractivity contribution in [2.24, 2.45) is 5.92 Å². The van der Waals surface area contributed by atoms with Crippen molar-refractivity contribution in [2.75, 3.05) is 21.5 Å². The third-order valence-corrected chi connectivity index (χ3v) is 7.42. The van der Waals surface area contributed by atoms with Crippen LogP contribution in [0, 0.1) is 5.92 Å². The molecular formula is C23H23N3O4S2. The molecule has 0 radical (unpaired) electrons. The normalized spacial score (nSPS) is 13.2. The first-order valence-electron chi connectivity index (χ1n) is 10.2. The number of fused-ring (bicyclic) bond motifs is 1. The van der Waals surface area contributed by atoms with Gasteiger partial charge >= 0.3 is 0 Å². The maximum absolute atomic E-state index is 12.8. The quantitative estimate of drug-likeness (QED) is 0.561. The van der Waals surface area contributed by atoms with Crippen LogP contribution in [0.15, 0.2) is 64.9 Å². The van der Waals surface area contributed by atoms with Gasteiger partial charge in [0.15, 0.2) is 0 Å². The third-order valence-electron chi connectivity index (χ3n) is 5.16. The Morgan fingerprint density at radius 2 is 1.75 bits per heavy atom. The summed E-state index contributed by atoms with van der Waals surface area (Å²) in [6.45, 7) is 4.13. The van der Waals surface area contributed by atoms with Crippen molar-refractivity contribution in [2.45, 2.75) is 25.2 Å². The Hall–Kier alpha value is -3.17. The Labute approximate surface area is 191 Å². The molecular weight excluding hydrogens is 446 g/mol. The highest BCUT2D eigenvalue weighted by Gasteiger charge is 2.27. The van der Waals surface area contributed by atoms with E-state index in [1.807, 2.05) is 11.4 Å². The molecule has 0 aliphatic carbocycles. The predicted molar refractivity (Wildman–Crippen MR) is 127 cm³/mol. The molecule has 0 fully saturated rings. The molecule has 0 unspecified atom stereocenters. The molecule has 0 atom stereocenters. The number of hydrogen-bond acceptors (Lipinski definition) is 5. The molecule has 1 aliphatic heterocycles. The third kappa shape index (κ3) is 4.53. The number of carbonyl (C=O) groups is 2. The van der Waals surface area contributed by atoms with Crippen LogP contribution >= 0.6 is 11.3 Å². The zero-order valence-corrected chi connectivity index (χ0v) is 19.3. The van der Waals surface area contributed by atoms with Gasteiger partial charge in [-0.3, -0.25) is 14.3 Å². The summed E-state index contributed by atoms with van der Waals surface area (Å²) in [6, 6.07) is 14.9. The number of rotatable bonds is 6. The molecule has 0 saturated carbocycles. The lowest BCUT2D eigenvalue weighted by molar-refractivity contribution is -0.118. The van der Waals surface area contributed by atoms with E-state index >= 15 is 0 Å². The Morgan fingerprint density at radius 3 is 2.41 bits per heavy atom. The minimum atomic E-state index is -3.80. The highest BCUT2D eigenvalue weighted by atomic mass is 32.2. The van der Waals surface area contributed by atoms with Gasteiger partial charge in [0.25, 0.3) is 15.9 Å². The summed E-state index contributed by atoms with van der Waals surface area (Å²) in [5, 5.41) is 4.60. The van der Waals surface area contributed by atoms with E-state index in [2.05, 4.69) is 10.0 Å². The molecule has 1 aliphatic rings. The van der Waals surface area contributed by atoms with Gasteiger partial charge in [0.1, 0.15) is 0 Å². The number of thiophene rings is 1. The summed E-state index contributed by atoms with van der Waals surface area (Å²) < 4.78 is 28.2. The fraction of sp³-hybridized carbons (Fsp3) is 0.217. The Balaban J connectivity index is 1.48. The van der Waals surface area contributed by atoms with E-state index in [4.69, 9.17) is 0 Å². The van der Waals surface area contributed by atoms with E-state index in [1.165, 1.54) is 23.5 Å². The predicted octanol–water partition coefficient (Wildman–Crippen LogP) is 4.35. The van der Waals surface area contributed by atoms with Crippen molar-refractivity contribution >= 4 is 50.2 Å². The van der Waals surface area contributed by atoms with Crippen LogP contribution in [0.1, 0.15) is 29.1 Å². The standard InChI is InChI=1S/C23H23N3O4S2/c1-15(2)22(27)24-17-5-8-19(9-6-17)32(29,30)25-18-7-10-20-16(14-18)11-12-26(20)23(28)21-4-3-13-31-21/h3-10,13-15,25H,11-12H2,1-2H3,(H,24,27). The topological polar surface area (TPSA) is 95.6 Å². The van der Waals surface area contributed by atoms with Gasteiger partial charge in [0.2, 0.25) is 5.91 Å². The van der Waals surface area contributed by atoms with E-state index in [1.54, 1.807) is 55.1 Å². The van der Waals surface area contributed by atoms with Crippen molar-refractivity contribution in [1.82, 2.24) is 0 Å². The minimum Gasteiger partial charge on any atom is -0.326 e. The van der Waals surface area contributed by atoms with Crippen LogP contribution in [0.3, 0.4) is 0 Å². The van der Waals surface area contributed by atoms with Gasteiger partial charge < -0.3 is 10.2 Å². The molecule has 4 rings (SSSR count). The lowest BCUT2D eigenvalue weighted by atomic mass is 10.1. The number of sulfonamides is 1. The summed E-state index contributed by atoms with van der Waals surface area (Å²) in [6.07, 6.45) is 0.659. The second-order valence-corrected chi connectivity index (χ2v) is 10.4. The Morgan fingerprint density at radius 1 is 1.03 bits per heavy atom. The molecule has 3 aromatic rings. The highest BCUT2D eigenvalue weighted by molar-refractivity contribution is 7.92. The SMILES string of the molecule is CC(C)C(=O)Nc1ccc(S(=O)(=O)Nc2ccc3c(c2)CCN3C(=O)c2cccs2)cc1. The number of nitrogens with zero attached hydrogens (tertiary/aromatic N) is 1. The van der Waals surface area contributed by atoms with Crippen molar-refractivity contribution in [3.05, 3.63) is 70.4 Å². The number of benzene rings is 2. The molecule has 0 spiro atoms. The average Bonchev–Trinajstić information content (AvgIpc) is 3.43. The molecule has 0 saturated heterocycles. The second-order valence-electron chi connectivity index (χ2n) is 7.80. The Kier molecular flexibility index (Phi) is 6.03. The van der Waals surface area contributed by atoms with Gasteiger partial charge in [0.05, 0.1) is 9.77 Å². The first-order valence-corrected chi connectivity index (χ1v) is 12.5. The zero-order chi connectivity index (χ0) is 22.9. The van der Waals surface area contributed by atoms with Crippen molar-refractivity contribution in [3.8, 4) is 0 Å². The van der Waals surface area contributed by atoms with Crippen LogP contribution in [0.2, 0.25) is 0 Å². The maximum atomic E-state index is 12.8. The fourth-order valence-corrected chi connectivity index (χ4v) is 5.15. The molecule has 7 nitrogen and oxygen atoms in total. The van der Waals surface area contributed by atoms with E-state index in [0.717, 1.165) is 11.3 Å². The van der Waals surface area contributed by atoms with E-state index in [9.17, 15) is 18.0 Å². The van der Waals surface area contributed by atoms with E-state index in [-0.39, 0.29) is 22.6 Å². The summed E-state index contributed by atoms with van der Waals surface area (Å²) >= 11 is 1.40. The number of amides is 2. The smallest absolute Gasteiger partial charge is 0.268 e. The summed E-state index contributed by atoms with van der Waals surface area (Å²) in [4.78, 5) is 27.0. The molecule has 32 heavy (non-hydrogen) atoms. The van der Waals surface area contributed by atoms with Crippen molar-refractivity contribution in [3.63, 3.8) is 0 Å². The van der Waals surface area contributed by atoms with Gasteiger partial charge in [-0.05, 0) is 65.9 Å². The second kappa shape index (κ2) is 8.76. The molecule has 2 heterocycles.